The number of allylic oxidation sites excluding steroid dienone is 1. The minimum absolute atomic E-state index is 0.254. The molecule has 0 bridgehead atoms. The highest BCUT2D eigenvalue weighted by Crippen LogP contribution is 2.23. The van der Waals surface area contributed by atoms with Crippen molar-refractivity contribution in [3.8, 4) is 6.07 Å². The SMILES string of the molecule is N#C[C@H](NC(=O)C1=CCCCO1)c1cc(Cl)cc(Cl)c1. The molecule has 0 saturated carbocycles. The van der Waals surface area contributed by atoms with E-state index in [1.54, 1.807) is 24.3 Å². The van der Waals surface area contributed by atoms with Gasteiger partial charge < -0.3 is 10.1 Å². The van der Waals surface area contributed by atoms with Crippen LogP contribution >= 0.6 is 23.2 Å². The molecule has 1 heterocycles. The molecule has 20 heavy (non-hydrogen) atoms. The van der Waals surface area contributed by atoms with Gasteiger partial charge in [-0.05, 0) is 42.7 Å². The number of hydrogen-bond acceptors (Lipinski definition) is 3. The van der Waals surface area contributed by atoms with Crippen molar-refractivity contribution in [2.45, 2.75) is 18.9 Å². The average molecular weight is 311 g/mol. The third-order valence-electron chi connectivity index (χ3n) is 2.78. The van der Waals surface area contributed by atoms with Crippen molar-refractivity contribution in [1.82, 2.24) is 5.32 Å². The summed E-state index contributed by atoms with van der Waals surface area (Å²) in [5.74, 6) is -0.156. The van der Waals surface area contributed by atoms with E-state index in [9.17, 15) is 10.1 Å². The predicted octanol–water partition coefficient (Wildman–Crippen LogP) is 3.37. The molecule has 0 fully saturated rings. The molecule has 0 unspecified atom stereocenters. The first-order chi connectivity index (χ1) is 9.60. The number of nitrogens with one attached hydrogen (secondary N) is 1. The number of amides is 1. The summed E-state index contributed by atoms with van der Waals surface area (Å²) in [6, 6.07) is 5.94. The van der Waals surface area contributed by atoms with Crippen molar-refractivity contribution >= 4 is 29.1 Å². The van der Waals surface area contributed by atoms with Gasteiger partial charge in [0.05, 0.1) is 12.7 Å². The van der Waals surface area contributed by atoms with Gasteiger partial charge in [-0.1, -0.05) is 23.2 Å². The second-order valence-electron chi connectivity index (χ2n) is 4.30. The van der Waals surface area contributed by atoms with E-state index >= 15 is 0 Å². The van der Waals surface area contributed by atoms with E-state index in [1.807, 2.05) is 6.07 Å². The molecule has 2 rings (SSSR count). The lowest BCUT2D eigenvalue weighted by atomic mass is 10.1. The molecule has 0 spiro atoms. The predicted molar refractivity (Wildman–Crippen MR) is 76.2 cm³/mol. The van der Waals surface area contributed by atoms with Crippen molar-refractivity contribution in [2.24, 2.45) is 0 Å². The maximum atomic E-state index is 12.0. The summed E-state index contributed by atoms with van der Waals surface area (Å²) in [7, 11) is 0. The zero-order valence-corrected chi connectivity index (χ0v) is 12.0. The van der Waals surface area contributed by atoms with Crippen LogP contribution in [0.2, 0.25) is 10.0 Å². The molecule has 1 N–H and O–H groups in total. The van der Waals surface area contributed by atoms with Gasteiger partial charge in [0.15, 0.2) is 5.76 Å². The summed E-state index contributed by atoms with van der Waals surface area (Å²) < 4.78 is 5.26. The minimum atomic E-state index is -0.829. The summed E-state index contributed by atoms with van der Waals surface area (Å²) in [5.41, 5.74) is 0.537. The lowest BCUT2D eigenvalue weighted by Gasteiger charge is -2.17. The van der Waals surface area contributed by atoms with Crippen molar-refractivity contribution in [1.29, 1.82) is 5.26 Å². The van der Waals surface area contributed by atoms with Crippen LogP contribution in [0.4, 0.5) is 0 Å². The van der Waals surface area contributed by atoms with E-state index < -0.39 is 11.9 Å². The molecule has 6 heteroatoms. The van der Waals surface area contributed by atoms with Gasteiger partial charge in [-0.2, -0.15) is 5.26 Å². The molecule has 0 aromatic heterocycles. The van der Waals surface area contributed by atoms with E-state index in [1.165, 1.54) is 0 Å². The number of nitriles is 1. The molecule has 1 aromatic rings. The van der Waals surface area contributed by atoms with Gasteiger partial charge in [0.1, 0.15) is 6.04 Å². The first-order valence-electron chi connectivity index (χ1n) is 6.09. The highest BCUT2D eigenvalue weighted by molar-refractivity contribution is 6.34. The Morgan fingerprint density at radius 3 is 2.60 bits per heavy atom. The fourth-order valence-corrected chi connectivity index (χ4v) is 2.39. The molecule has 1 atom stereocenters. The summed E-state index contributed by atoms with van der Waals surface area (Å²) in [6.07, 6.45) is 3.41. The molecular weight excluding hydrogens is 299 g/mol. The monoisotopic (exact) mass is 310 g/mol. The Balaban J connectivity index is 2.15. The number of ether oxygens (including phenoxy) is 1. The number of halogens is 2. The Bertz CT molecular complexity index is 573. The molecule has 4 nitrogen and oxygen atoms in total. The second kappa shape index (κ2) is 6.65. The summed E-state index contributed by atoms with van der Waals surface area (Å²) in [6.45, 7) is 0.513. The molecule has 0 saturated heterocycles. The smallest absolute Gasteiger partial charge is 0.287 e. The Morgan fingerprint density at radius 1 is 1.35 bits per heavy atom. The van der Waals surface area contributed by atoms with Crippen LogP contribution in [-0.4, -0.2) is 12.5 Å². The van der Waals surface area contributed by atoms with Gasteiger partial charge in [-0.25, -0.2) is 0 Å². The lowest BCUT2D eigenvalue weighted by molar-refractivity contribution is -0.121. The average Bonchev–Trinajstić information content (AvgIpc) is 2.44. The molecule has 1 aliphatic heterocycles. The number of rotatable bonds is 3. The first-order valence-corrected chi connectivity index (χ1v) is 6.85. The van der Waals surface area contributed by atoms with Crippen molar-refractivity contribution in [3.05, 3.63) is 45.6 Å². The van der Waals surface area contributed by atoms with Gasteiger partial charge >= 0.3 is 0 Å². The maximum Gasteiger partial charge on any atom is 0.287 e. The highest BCUT2D eigenvalue weighted by atomic mass is 35.5. The zero-order chi connectivity index (χ0) is 14.5. The standard InChI is InChI=1S/C14H12Cl2N2O2/c15-10-5-9(6-11(16)7-10)12(8-17)18-14(19)13-3-1-2-4-20-13/h3,5-7,12H,1-2,4H2,(H,18,19)/t12-/m0/s1. The summed E-state index contributed by atoms with van der Waals surface area (Å²) in [4.78, 5) is 12.0. The Morgan fingerprint density at radius 2 is 2.05 bits per heavy atom. The fourth-order valence-electron chi connectivity index (χ4n) is 1.85. The van der Waals surface area contributed by atoms with Crippen molar-refractivity contribution in [2.75, 3.05) is 6.61 Å². The number of benzene rings is 1. The normalized spacial score (nSPS) is 15.6. The van der Waals surface area contributed by atoms with E-state index in [4.69, 9.17) is 27.9 Å². The number of carbonyl (C=O) groups excluding carboxylic acids is 1. The van der Waals surface area contributed by atoms with Crippen molar-refractivity contribution < 1.29 is 9.53 Å². The van der Waals surface area contributed by atoms with Crippen LogP contribution in [0.25, 0.3) is 0 Å². The van der Waals surface area contributed by atoms with Crippen molar-refractivity contribution in [3.63, 3.8) is 0 Å². The number of hydrogen-bond donors (Lipinski definition) is 1. The Labute approximate surface area is 126 Å². The van der Waals surface area contributed by atoms with Gasteiger partial charge in [0.25, 0.3) is 5.91 Å². The molecule has 0 aliphatic carbocycles. The number of carbonyl (C=O) groups is 1. The molecule has 1 aliphatic rings. The summed E-state index contributed by atoms with van der Waals surface area (Å²) in [5, 5.41) is 12.6. The van der Waals surface area contributed by atoms with Crippen LogP contribution in [0.5, 0.6) is 0 Å². The third-order valence-corrected chi connectivity index (χ3v) is 3.22. The van der Waals surface area contributed by atoms with E-state index in [0.29, 0.717) is 22.2 Å². The highest BCUT2D eigenvalue weighted by Gasteiger charge is 2.20. The first kappa shape index (κ1) is 14.7. The molecule has 1 amide bonds. The lowest BCUT2D eigenvalue weighted by Crippen LogP contribution is -2.30. The van der Waals surface area contributed by atoms with E-state index in [0.717, 1.165) is 12.8 Å². The van der Waals surface area contributed by atoms with Gasteiger partial charge in [0, 0.05) is 10.0 Å². The van der Waals surface area contributed by atoms with Crippen LogP contribution in [0.3, 0.4) is 0 Å². The maximum absolute atomic E-state index is 12.0. The fraction of sp³-hybridized carbons (Fsp3) is 0.286. The quantitative estimate of drug-likeness (QED) is 0.931. The van der Waals surface area contributed by atoms with Gasteiger partial charge in [0.2, 0.25) is 0 Å². The molecular formula is C14H12Cl2N2O2. The Kier molecular flexibility index (Phi) is 4.89. The second-order valence-corrected chi connectivity index (χ2v) is 5.17. The molecule has 0 radical (unpaired) electrons. The minimum Gasteiger partial charge on any atom is -0.488 e. The van der Waals surface area contributed by atoms with Crippen LogP contribution in [0, 0.1) is 11.3 Å². The summed E-state index contributed by atoms with van der Waals surface area (Å²) >= 11 is 11.8. The van der Waals surface area contributed by atoms with E-state index in [2.05, 4.69) is 5.32 Å². The Hall–Kier alpha value is -1.70. The van der Waals surface area contributed by atoms with Gasteiger partial charge in [-0.15, -0.1) is 0 Å². The molecule has 104 valence electrons. The topological polar surface area (TPSA) is 62.1 Å². The van der Waals surface area contributed by atoms with Crippen LogP contribution in [0.15, 0.2) is 30.0 Å². The number of nitrogens with zero attached hydrogens (tertiary/aromatic N) is 1. The van der Waals surface area contributed by atoms with Crippen LogP contribution in [0.1, 0.15) is 24.4 Å². The zero-order valence-electron chi connectivity index (χ0n) is 10.5. The molecule has 1 aromatic carbocycles. The van der Waals surface area contributed by atoms with E-state index in [-0.39, 0.29) is 5.76 Å². The third kappa shape index (κ3) is 3.66. The largest absolute Gasteiger partial charge is 0.488 e. The van der Waals surface area contributed by atoms with Crippen LogP contribution < -0.4 is 5.32 Å². The van der Waals surface area contributed by atoms with Crippen LogP contribution in [-0.2, 0) is 9.53 Å². The van der Waals surface area contributed by atoms with Gasteiger partial charge in [-0.3, -0.25) is 4.79 Å².